The fourth-order valence-corrected chi connectivity index (χ4v) is 1.25. The number of para-hydroxylation sites is 1. The lowest BCUT2D eigenvalue weighted by atomic mass is 10.2. The van der Waals surface area contributed by atoms with Gasteiger partial charge in [0.05, 0.1) is 30.1 Å². The predicted molar refractivity (Wildman–Crippen MR) is 74.6 cm³/mol. The molecule has 104 valence electrons. The number of methoxy groups -OCH3 is 1. The number of anilines is 1. The monoisotopic (exact) mass is 275 g/mol. The van der Waals surface area contributed by atoms with Crippen molar-refractivity contribution in [3.63, 3.8) is 0 Å². The highest BCUT2D eigenvalue weighted by atomic mass is 16.5. The molecule has 0 aromatic heterocycles. The van der Waals surface area contributed by atoms with Gasteiger partial charge in [-0.2, -0.15) is 4.79 Å². The topological polar surface area (TPSA) is 77.0 Å². The number of nitrogens with one attached hydrogen (secondary N) is 1. The highest BCUT2D eigenvalue weighted by Crippen LogP contribution is 2.16. The fraction of sp³-hybridized carbons (Fsp3) is 0.214. The van der Waals surface area contributed by atoms with Crippen molar-refractivity contribution in [1.82, 2.24) is 0 Å². The third-order valence-electron chi connectivity index (χ3n) is 2.21. The average Bonchev–Trinajstić information content (AvgIpc) is 2.47. The van der Waals surface area contributed by atoms with Crippen LogP contribution in [0.15, 0.2) is 42.0 Å². The highest BCUT2D eigenvalue weighted by Gasteiger charge is 2.16. The summed E-state index contributed by atoms with van der Waals surface area (Å²) in [6.45, 7) is 3.80. The fourth-order valence-electron chi connectivity index (χ4n) is 1.25. The quantitative estimate of drug-likeness (QED) is 0.205. The Kier molecular flexibility index (Phi) is 6.44. The summed E-state index contributed by atoms with van der Waals surface area (Å²) in [5.41, 5.74) is 3.26. The van der Waals surface area contributed by atoms with Gasteiger partial charge in [-0.15, -0.1) is 6.58 Å². The molecule has 0 atom stereocenters. The van der Waals surface area contributed by atoms with Crippen LogP contribution >= 0.6 is 0 Å². The Bertz CT molecular complexity index is 512. The first kappa shape index (κ1) is 15.3. The van der Waals surface area contributed by atoms with Crippen LogP contribution in [0.1, 0.15) is 16.8 Å². The van der Waals surface area contributed by atoms with Gasteiger partial charge in [-0.25, -0.2) is 10.2 Å². The number of hydrogen-bond donors (Lipinski definition) is 1. The van der Waals surface area contributed by atoms with Gasteiger partial charge in [0, 0.05) is 0 Å². The van der Waals surface area contributed by atoms with Crippen molar-refractivity contribution >= 4 is 23.8 Å². The van der Waals surface area contributed by atoms with Crippen LogP contribution < -0.4 is 5.43 Å². The number of benzene rings is 1. The molecular formula is C14H15N2O4+. The molecular weight excluding hydrogens is 260 g/mol. The minimum Gasteiger partial charge on any atom is -0.462 e. The Morgan fingerprint density at radius 1 is 1.45 bits per heavy atom. The van der Waals surface area contributed by atoms with Gasteiger partial charge in [0.25, 0.3) is 0 Å². The molecule has 0 spiro atoms. The Hall–Kier alpha value is -2.72. The molecule has 0 saturated carbocycles. The maximum absolute atomic E-state index is 11.8. The summed E-state index contributed by atoms with van der Waals surface area (Å²) in [4.78, 5) is 22.7. The SMILES string of the molecule is C=CCCOC(=O)c1ccccc1NN=[C+]C(=O)OC. The zero-order valence-electron chi connectivity index (χ0n) is 11.1. The summed E-state index contributed by atoms with van der Waals surface area (Å²) in [6, 6.07) is 6.64. The second kappa shape index (κ2) is 8.39. The Balaban J connectivity index is 2.72. The summed E-state index contributed by atoms with van der Waals surface area (Å²) in [6.07, 6.45) is 4.33. The van der Waals surface area contributed by atoms with Gasteiger partial charge in [0.1, 0.15) is 0 Å². The van der Waals surface area contributed by atoms with Crippen LogP contribution in [0.5, 0.6) is 0 Å². The van der Waals surface area contributed by atoms with Crippen molar-refractivity contribution < 1.29 is 19.1 Å². The van der Waals surface area contributed by atoms with Crippen LogP contribution in [0.2, 0.25) is 0 Å². The average molecular weight is 275 g/mol. The molecule has 0 radical (unpaired) electrons. The molecule has 20 heavy (non-hydrogen) atoms. The normalized spacial score (nSPS) is 9.65. The first-order valence-corrected chi connectivity index (χ1v) is 5.85. The van der Waals surface area contributed by atoms with Crippen LogP contribution in [-0.2, 0) is 14.3 Å². The van der Waals surface area contributed by atoms with E-state index in [1.807, 2.05) is 0 Å². The summed E-state index contributed by atoms with van der Waals surface area (Å²) in [5, 5.41) is 3.55. The third kappa shape index (κ3) is 4.88. The van der Waals surface area contributed by atoms with E-state index in [0.29, 0.717) is 17.7 Å². The largest absolute Gasteiger partial charge is 0.619 e. The molecule has 1 N–H and O–H groups in total. The van der Waals surface area contributed by atoms with Gasteiger partial charge in [-0.1, -0.05) is 18.2 Å². The van der Waals surface area contributed by atoms with Crippen LogP contribution in [0, 0.1) is 0 Å². The second-order valence-electron chi connectivity index (χ2n) is 3.59. The summed E-state index contributed by atoms with van der Waals surface area (Å²) in [7, 11) is 1.22. The molecule has 0 amide bonds. The number of hydrogen-bond acceptors (Lipinski definition) is 6. The first-order valence-electron chi connectivity index (χ1n) is 5.85. The van der Waals surface area contributed by atoms with Gasteiger partial charge < -0.3 is 9.47 Å². The molecule has 1 aromatic rings. The van der Waals surface area contributed by atoms with Crippen LogP contribution in [0.4, 0.5) is 5.69 Å². The maximum atomic E-state index is 11.8. The number of carbonyl (C=O) groups excluding carboxylic acids is 2. The Morgan fingerprint density at radius 3 is 2.90 bits per heavy atom. The molecule has 6 nitrogen and oxygen atoms in total. The molecule has 0 bridgehead atoms. The van der Waals surface area contributed by atoms with Crippen molar-refractivity contribution in [3.8, 4) is 0 Å². The minimum atomic E-state index is -0.719. The highest BCUT2D eigenvalue weighted by molar-refractivity contribution is 6.23. The van der Waals surface area contributed by atoms with E-state index in [1.54, 1.807) is 30.3 Å². The van der Waals surface area contributed by atoms with Crippen molar-refractivity contribution in [2.75, 3.05) is 19.1 Å². The van der Waals surface area contributed by atoms with E-state index < -0.39 is 11.9 Å². The zero-order valence-corrected chi connectivity index (χ0v) is 11.1. The van der Waals surface area contributed by atoms with E-state index in [4.69, 9.17) is 4.74 Å². The van der Waals surface area contributed by atoms with Gasteiger partial charge in [-0.05, 0) is 18.6 Å². The lowest BCUT2D eigenvalue weighted by molar-refractivity contribution is -0.132. The van der Waals surface area contributed by atoms with Crippen molar-refractivity contribution in [2.45, 2.75) is 6.42 Å². The molecule has 6 heteroatoms. The van der Waals surface area contributed by atoms with Gasteiger partial charge >= 0.3 is 18.2 Å². The van der Waals surface area contributed by atoms with Crippen molar-refractivity contribution in [1.29, 1.82) is 0 Å². The van der Waals surface area contributed by atoms with E-state index in [2.05, 4.69) is 28.1 Å². The Labute approximate surface area is 117 Å². The summed E-state index contributed by atoms with van der Waals surface area (Å²) < 4.78 is 9.40. The van der Waals surface area contributed by atoms with Crippen LogP contribution in [-0.4, -0.2) is 31.9 Å². The molecule has 0 saturated heterocycles. The molecule has 0 aliphatic heterocycles. The summed E-state index contributed by atoms with van der Waals surface area (Å²) >= 11 is 0. The van der Waals surface area contributed by atoms with Crippen LogP contribution in [0.25, 0.3) is 0 Å². The standard InChI is InChI=1S/C14H14N2O4/c1-3-4-9-20-14(18)11-7-5-6-8-12(11)16-15-10-13(17)19-2/h3,5-8H,1,4,9H2,2H3/p+1. The molecule has 0 aliphatic carbocycles. The maximum Gasteiger partial charge on any atom is 0.619 e. The number of esters is 2. The van der Waals surface area contributed by atoms with Gasteiger partial charge in [-0.3, -0.25) is 0 Å². The van der Waals surface area contributed by atoms with E-state index in [1.165, 1.54) is 7.11 Å². The number of rotatable bonds is 7. The lowest BCUT2D eigenvalue weighted by Crippen LogP contribution is -2.09. The Morgan fingerprint density at radius 2 is 2.20 bits per heavy atom. The van der Waals surface area contributed by atoms with Crippen LogP contribution in [0.3, 0.4) is 0 Å². The third-order valence-corrected chi connectivity index (χ3v) is 2.21. The molecule has 1 aromatic carbocycles. The molecule has 0 unspecified atom stereocenters. The second-order valence-corrected chi connectivity index (χ2v) is 3.59. The van der Waals surface area contributed by atoms with Gasteiger partial charge in [0.2, 0.25) is 0 Å². The zero-order chi connectivity index (χ0) is 14.8. The number of carbonyl (C=O) groups is 2. The number of ether oxygens (including phenoxy) is 2. The minimum absolute atomic E-state index is 0.258. The van der Waals surface area contributed by atoms with Gasteiger partial charge in [0.15, 0.2) is 0 Å². The number of nitrogens with zero attached hydrogens (tertiary/aromatic N) is 1. The smallest absolute Gasteiger partial charge is 0.462 e. The van der Waals surface area contributed by atoms with E-state index >= 15 is 0 Å². The summed E-state index contributed by atoms with van der Waals surface area (Å²) in [5.74, 6) is -1.20. The van der Waals surface area contributed by atoms with Crippen molar-refractivity contribution in [3.05, 3.63) is 42.5 Å². The molecule has 1 rings (SSSR count). The molecule has 0 heterocycles. The predicted octanol–water partition coefficient (Wildman–Crippen LogP) is 1.87. The number of hydrazone groups is 1. The molecule has 0 fully saturated rings. The van der Waals surface area contributed by atoms with E-state index in [9.17, 15) is 9.59 Å². The van der Waals surface area contributed by atoms with E-state index in [0.717, 1.165) is 0 Å². The van der Waals surface area contributed by atoms with E-state index in [-0.39, 0.29) is 6.61 Å². The molecule has 0 aliphatic rings. The first-order chi connectivity index (χ1) is 9.69. The van der Waals surface area contributed by atoms with Crippen molar-refractivity contribution in [2.24, 2.45) is 5.10 Å². The lowest BCUT2D eigenvalue weighted by Gasteiger charge is -2.06.